The zero-order valence-electron chi connectivity index (χ0n) is 14.9. The summed E-state index contributed by atoms with van der Waals surface area (Å²) in [7, 11) is 0. The standard InChI is InChI=1S/C19H22N4OS/c1-12(2)19-21-16(11-25-19)18(24)22-17-14(4)9-20-23(17)10-15-7-5-6-13(3)8-15/h5-9,11-12H,10H2,1-4H3,(H,22,24). The van der Waals surface area contributed by atoms with E-state index in [-0.39, 0.29) is 5.91 Å². The second kappa shape index (κ2) is 7.19. The predicted molar refractivity (Wildman–Crippen MR) is 101 cm³/mol. The summed E-state index contributed by atoms with van der Waals surface area (Å²) in [6, 6.07) is 8.28. The molecule has 0 aliphatic carbocycles. The van der Waals surface area contributed by atoms with Gasteiger partial charge >= 0.3 is 0 Å². The van der Waals surface area contributed by atoms with Crippen molar-refractivity contribution >= 4 is 23.1 Å². The Bertz CT molecular complexity index is 894. The Labute approximate surface area is 151 Å². The fourth-order valence-corrected chi connectivity index (χ4v) is 3.39. The Hall–Kier alpha value is -2.47. The zero-order valence-corrected chi connectivity index (χ0v) is 15.7. The van der Waals surface area contributed by atoms with Crippen molar-refractivity contribution in [2.24, 2.45) is 0 Å². The van der Waals surface area contributed by atoms with Crippen LogP contribution in [0.5, 0.6) is 0 Å². The van der Waals surface area contributed by atoms with E-state index in [2.05, 4.69) is 54.4 Å². The van der Waals surface area contributed by atoms with E-state index in [0.29, 0.717) is 24.0 Å². The molecule has 6 heteroatoms. The molecule has 0 unspecified atom stereocenters. The highest BCUT2D eigenvalue weighted by molar-refractivity contribution is 7.09. The first-order valence-corrected chi connectivity index (χ1v) is 9.16. The van der Waals surface area contributed by atoms with E-state index in [1.165, 1.54) is 16.9 Å². The second-order valence-corrected chi connectivity index (χ2v) is 7.39. The summed E-state index contributed by atoms with van der Waals surface area (Å²) in [6.45, 7) is 8.76. The zero-order chi connectivity index (χ0) is 18.0. The molecule has 1 N–H and O–H groups in total. The number of rotatable bonds is 5. The molecule has 1 amide bonds. The van der Waals surface area contributed by atoms with Gasteiger partial charge in [-0.3, -0.25) is 4.79 Å². The van der Waals surface area contributed by atoms with Crippen molar-refractivity contribution in [3.8, 4) is 0 Å². The van der Waals surface area contributed by atoms with Crippen molar-refractivity contribution in [2.75, 3.05) is 5.32 Å². The lowest BCUT2D eigenvalue weighted by atomic mass is 10.1. The van der Waals surface area contributed by atoms with E-state index in [0.717, 1.165) is 16.1 Å². The lowest BCUT2D eigenvalue weighted by Crippen LogP contribution is -2.17. The summed E-state index contributed by atoms with van der Waals surface area (Å²) in [4.78, 5) is 17.0. The monoisotopic (exact) mass is 354 g/mol. The number of amides is 1. The van der Waals surface area contributed by atoms with Crippen LogP contribution >= 0.6 is 11.3 Å². The van der Waals surface area contributed by atoms with Gasteiger partial charge in [-0.15, -0.1) is 11.3 Å². The molecule has 0 saturated heterocycles. The van der Waals surface area contributed by atoms with Gasteiger partial charge in [0.25, 0.3) is 5.91 Å². The first-order valence-electron chi connectivity index (χ1n) is 8.28. The molecule has 0 aliphatic rings. The number of hydrogen-bond acceptors (Lipinski definition) is 4. The van der Waals surface area contributed by atoms with Gasteiger partial charge in [0, 0.05) is 16.9 Å². The van der Waals surface area contributed by atoms with Crippen LogP contribution in [0.25, 0.3) is 0 Å². The van der Waals surface area contributed by atoms with Gasteiger partial charge in [0.2, 0.25) is 0 Å². The van der Waals surface area contributed by atoms with Gasteiger partial charge < -0.3 is 5.32 Å². The van der Waals surface area contributed by atoms with E-state index >= 15 is 0 Å². The lowest BCUT2D eigenvalue weighted by Gasteiger charge is -2.10. The molecule has 0 spiro atoms. The fourth-order valence-electron chi connectivity index (χ4n) is 2.57. The van der Waals surface area contributed by atoms with Crippen LogP contribution in [0.1, 0.15) is 52.0 Å². The Morgan fingerprint density at radius 1 is 1.32 bits per heavy atom. The molecule has 2 aromatic heterocycles. The van der Waals surface area contributed by atoms with Gasteiger partial charge in [-0.25, -0.2) is 9.67 Å². The Morgan fingerprint density at radius 3 is 2.80 bits per heavy atom. The molecule has 0 saturated carbocycles. The largest absolute Gasteiger partial charge is 0.305 e. The average molecular weight is 354 g/mol. The third kappa shape index (κ3) is 3.96. The molecule has 5 nitrogen and oxygen atoms in total. The molecule has 3 aromatic rings. The smallest absolute Gasteiger partial charge is 0.276 e. The van der Waals surface area contributed by atoms with Crippen molar-refractivity contribution in [2.45, 2.75) is 40.2 Å². The van der Waals surface area contributed by atoms with Crippen LogP contribution in [0.2, 0.25) is 0 Å². The number of nitrogens with one attached hydrogen (secondary N) is 1. The maximum Gasteiger partial charge on any atom is 0.276 e. The normalized spacial score (nSPS) is 11.1. The predicted octanol–water partition coefficient (Wildman–Crippen LogP) is 4.38. The van der Waals surface area contributed by atoms with Crippen molar-refractivity contribution in [1.29, 1.82) is 0 Å². The lowest BCUT2D eigenvalue weighted by molar-refractivity contribution is 0.102. The van der Waals surface area contributed by atoms with Gasteiger partial charge in [-0.2, -0.15) is 5.10 Å². The molecule has 0 fully saturated rings. The number of aryl methyl sites for hydroxylation is 2. The minimum absolute atomic E-state index is 0.197. The summed E-state index contributed by atoms with van der Waals surface area (Å²) < 4.78 is 1.82. The summed E-state index contributed by atoms with van der Waals surface area (Å²) in [5, 5.41) is 10.1. The molecule has 0 bridgehead atoms. The first kappa shape index (κ1) is 17.4. The number of carbonyl (C=O) groups is 1. The molecule has 0 radical (unpaired) electrons. The fraction of sp³-hybridized carbons (Fsp3) is 0.316. The molecule has 130 valence electrons. The summed E-state index contributed by atoms with van der Waals surface area (Å²) >= 11 is 1.52. The molecule has 3 rings (SSSR count). The first-order chi connectivity index (χ1) is 11.9. The van der Waals surface area contributed by atoms with Gasteiger partial charge in [0.1, 0.15) is 11.5 Å². The number of aromatic nitrogens is 3. The number of nitrogens with zero attached hydrogens (tertiary/aromatic N) is 3. The molecule has 1 aromatic carbocycles. The summed E-state index contributed by atoms with van der Waals surface area (Å²) in [6.07, 6.45) is 1.77. The third-order valence-corrected chi connectivity index (χ3v) is 5.06. The third-order valence-electron chi connectivity index (χ3n) is 3.92. The average Bonchev–Trinajstić information content (AvgIpc) is 3.17. The topological polar surface area (TPSA) is 59.8 Å². The van der Waals surface area contributed by atoms with Gasteiger partial charge in [0.15, 0.2) is 0 Å². The minimum Gasteiger partial charge on any atom is -0.305 e. The highest BCUT2D eigenvalue weighted by atomic mass is 32.1. The highest BCUT2D eigenvalue weighted by Crippen LogP contribution is 2.21. The summed E-state index contributed by atoms with van der Waals surface area (Å²) in [5.74, 6) is 0.836. The van der Waals surface area contributed by atoms with E-state index in [1.54, 1.807) is 11.6 Å². The van der Waals surface area contributed by atoms with Crippen molar-refractivity contribution in [1.82, 2.24) is 14.8 Å². The van der Waals surface area contributed by atoms with Gasteiger partial charge in [-0.05, 0) is 19.4 Å². The van der Waals surface area contributed by atoms with Crippen LogP contribution in [-0.4, -0.2) is 20.7 Å². The van der Waals surface area contributed by atoms with Crippen LogP contribution < -0.4 is 5.32 Å². The summed E-state index contributed by atoms with van der Waals surface area (Å²) in [5.41, 5.74) is 3.74. The molecular formula is C19H22N4OS. The SMILES string of the molecule is Cc1cccc(Cn2ncc(C)c2NC(=O)c2csc(C(C)C)n2)c1. The van der Waals surface area contributed by atoms with E-state index in [4.69, 9.17) is 0 Å². The molecule has 0 atom stereocenters. The minimum atomic E-state index is -0.197. The van der Waals surface area contributed by atoms with Crippen LogP contribution in [-0.2, 0) is 6.54 Å². The van der Waals surface area contributed by atoms with Gasteiger partial charge in [-0.1, -0.05) is 43.7 Å². The maximum absolute atomic E-state index is 12.6. The Morgan fingerprint density at radius 2 is 2.12 bits per heavy atom. The molecular weight excluding hydrogens is 332 g/mol. The van der Waals surface area contributed by atoms with E-state index in [9.17, 15) is 4.79 Å². The molecule has 2 heterocycles. The van der Waals surface area contributed by atoms with Crippen molar-refractivity contribution in [3.05, 3.63) is 63.2 Å². The Kier molecular flexibility index (Phi) is 4.99. The number of thiazole rings is 1. The van der Waals surface area contributed by atoms with Gasteiger partial charge in [0.05, 0.1) is 17.7 Å². The van der Waals surface area contributed by atoms with E-state index in [1.807, 2.05) is 17.7 Å². The van der Waals surface area contributed by atoms with Crippen LogP contribution in [0, 0.1) is 13.8 Å². The second-order valence-electron chi connectivity index (χ2n) is 6.50. The Balaban J connectivity index is 1.80. The van der Waals surface area contributed by atoms with Crippen LogP contribution in [0.15, 0.2) is 35.8 Å². The quantitative estimate of drug-likeness (QED) is 0.739. The number of carbonyl (C=O) groups excluding carboxylic acids is 1. The maximum atomic E-state index is 12.6. The highest BCUT2D eigenvalue weighted by Gasteiger charge is 2.16. The molecule has 25 heavy (non-hydrogen) atoms. The van der Waals surface area contributed by atoms with Crippen LogP contribution in [0.4, 0.5) is 5.82 Å². The molecule has 0 aliphatic heterocycles. The van der Waals surface area contributed by atoms with Crippen LogP contribution in [0.3, 0.4) is 0 Å². The number of hydrogen-bond donors (Lipinski definition) is 1. The number of anilines is 1. The van der Waals surface area contributed by atoms with Crippen molar-refractivity contribution in [3.63, 3.8) is 0 Å². The van der Waals surface area contributed by atoms with Crippen molar-refractivity contribution < 1.29 is 4.79 Å². The van der Waals surface area contributed by atoms with E-state index < -0.39 is 0 Å². The number of benzene rings is 1.